The van der Waals surface area contributed by atoms with Gasteiger partial charge in [-0.15, -0.1) is 0 Å². The maximum absolute atomic E-state index is 13.8. The van der Waals surface area contributed by atoms with E-state index in [4.69, 9.17) is 25.5 Å². The molecule has 1 amide bonds. The number of carbonyl (C=O) groups is 1. The van der Waals surface area contributed by atoms with E-state index in [2.05, 4.69) is 18.7 Å². The minimum Gasteiger partial charge on any atom is -0.493 e. The van der Waals surface area contributed by atoms with Crippen LogP contribution in [0.25, 0.3) is 11.0 Å². The molecule has 0 spiro atoms. The van der Waals surface area contributed by atoms with Crippen LogP contribution in [0.4, 0.5) is 0 Å². The molecule has 0 bridgehead atoms. The summed E-state index contributed by atoms with van der Waals surface area (Å²) in [7, 11) is 1.57. The minimum absolute atomic E-state index is 0.0720. The van der Waals surface area contributed by atoms with Crippen LogP contribution in [0.3, 0.4) is 0 Å². The van der Waals surface area contributed by atoms with Crippen molar-refractivity contribution in [2.75, 3.05) is 33.3 Å². The van der Waals surface area contributed by atoms with Gasteiger partial charge in [-0.05, 0) is 54.5 Å². The molecule has 202 valence electrons. The molecule has 0 radical (unpaired) electrons. The third-order valence-corrected chi connectivity index (χ3v) is 7.45. The Labute approximate surface area is 232 Å². The van der Waals surface area contributed by atoms with E-state index in [1.54, 1.807) is 30.2 Å². The fourth-order valence-electron chi connectivity index (χ4n) is 5.07. The van der Waals surface area contributed by atoms with Gasteiger partial charge in [0.2, 0.25) is 5.76 Å². The maximum atomic E-state index is 13.8. The van der Waals surface area contributed by atoms with Crippen LogP contribution in [0, 0.1) is 0 Å². The van der Waals surface area contributed by atoms with Crippen LogP contribution in [0.15, 0.2) is 75.9 Å². The third kappa shape index (κ3) is 5.24. The molecule has 1 unspecified atom stereocenters. The molecule has 1 aromatic heterocycles. The fraction of sp³-hybridized carbons (Fsp3) is 0.290. The molecule has 1 aliphatic rings. The van der Waals surface area contributed by atoms with E-state index in [-0.39, 0.29) is 17.1 Å². The van der Waals surface area contributed by atoms with Crippen molar-refractivity contribution in [3.8, 4) is 11.5 Å². The van der Waals surface area contributed by atoms with Gasteiger partial charge in [-0.2, -0.15) is 0 Å². The Morgan fingerprint density at radius 2 is 1.74 bits per heavy atom. The van der Waals surface area contributed by atoms with Crippen molar-refractivity contribution in [2.24, 2.45) is 0 Å². The molecule has 39 heavy (non-hydrogen) atoms. The van der Waals surface area contributed by atoms with E-state index in [1.165, 1.54) is 0 Å². The van der Waals surface area contributed by atoms with E-state index >= 15 is 0 Å². The monoisotopic (exact) mass is 546 g/mol. The van der Waals surface area contributed by atoms with E-state index < -0.39 is 6.04 Å². The van der Waals surface area contributed by atoms with Crippen LogP contribution in [-0.2, 0) is 6.61 Å². The van der Waals surface area contributed by atoms with E-state index in [1.807, 2.05) is 48.5 Å². The number of likely N-dealkylation sites (N-methyl/N-ethyl adjacent to an activating group) is 1. The van der Waals surface area contributed by atoms with Crippen LogP contribution in [0.1, 0.15) is 47.1 Å². The van der Waals surface area contributed by atoms with Crippen molar-refractivity contribution in [2.45, 2.75) is 26.5 Å². The van der Waals surface area contributed by atoms with Crippen molar-refractivity contribution in [3.05, 3.63) is 104 Å². The molecule has 1 aliphatic heterocycles. The normalized spacial score (nSPS) is 14.7. The Kier molecular flexibility index (Phi) is 7.91. The van der Waals surface area contributed by atoms with Crippen molar-refractivity contribution >= 4 is 28.5 Å². The van der Waals surface area contributed by atoms with Gasteiger partial charge in [0.15, 0.2) is 16.9 Å². The zero-order valence-corrected chi connectivity index (χ0v) is 23.0. The van der Waals surface area contributed by atoms with Crippen LogP contribution in [0.2, 0.25) is 5.02 Å². The molecule has 0 aliphatic carbocycles. The Bertz CT molecular complexity index is 1550. The summed E-state index contributed by atoms with van der Waals surface area (Å²) >= 11 is 6.21. The predicted molar refractivity (Wildman–Crippen MR) is 152 cm³/mol. The highest BCUT2D eigenvalue weighted by molar-refractivity contribution is 6.31. The summed E-state index contributed by atoms with van der Waals surface area (Å²) in [6.07, 6.45) is 0. The number of carbonyl (C=O) groups excluding carboxylic acids is 1. The minimum atomic E-state index is -0.639. The lowest BCUT2D eigenvalue weighted by atomic mass is 9.98. The molecule has 2 heterocycles. The van der Waals surface area contributed by atoms with Crippen molar-refractivity contribution in [3.63, 3.8) is 0 Å². The first-order valence-corrected chi connectivity index (χ1v) is 13.5. The molecular weight excluding hydrogens is 516 g/mol. The molecule has 0 saturated heterocycles. The first-order valence-electron chi connectivity index (χ1n) is 13.1. The maximum Gasteiger partial charge on any atom is 0.290 e. The van der Waals surface area contributed by atoms with Gasteiger partial charge >= 0.3 is 0 Å². The van der Waals surface area contributed by atoms with Crippen LogP contribution >= 0.6 is 11.6 Å². The highest BCUT2D eigenvalue weighted by Crippen LogP contribution is 2.41. The van der Waals surface area contributed by atoms with Crippen LogP contribution in [-0.4, -0.2) is 49.0 Å². The number of hydrogen-bond acceptors (Lipinski definition) is 6. The average molecular weight is 547 g/mol. The molecular formula is C31H31ClN2O5. The van der Waals surface area contributed by atoms with Crippen molar-refractivity contribution < 1.29 is 18.7 Å². The number of benzene rings is 3. The molecule has 0 saturated carbocycles. The van der Waals surface area contributed by atoms with Gasteiger partial charge in [0, 0.05) is 18.1 Å². The zero-order chi connectivity index (χ0) is 27.5. The van der Waals surface area contributed by atoms with Gasteiger partial charge in [-0.1, -0.05) is 61.8 Å². The first-order chi connectivity index (χ1) is 18.9. The Hall–Kier alpha value is -3.81. The third-order valence-electron chi connectivity index (χ3n) is 7.22. The molecule has 7 nitrogen and oxygen atoms in total. The standard InChI is InChI=1S/C31H31ClN2O5/c1-4-33(5-2)15-16-34-28(27-29(35)23-18-22(32)12-14-24(23)39-30(27)31(34)36)21-11-13-25(26(17-21)37-3)38-19-20-9-7-6-8-10-20/h6-14,17-18,28H,4-5,15-16,19H2,1-3H3. The Morgan fingerprint density at radius 3 is 2.46 bits per heavy atom. The molecule has 8 heteroatoms. The number of halogens is 1. The van der Waals surface area contributed by atoms with Gasteiger partial charge < -0.3 is 23.7 Å². The summed E-state index contributed by atoms with van der Waals surface area (Å²) in [5, 5.41) is 0.773. The second-order valence-electron chi connectivity index (χ2n) is 9.43. The van der Waals surface area contributed by atoms with E-state index in [9.17, 15) is 9.59 Å². The average Bonchev–Trinajstić information content (AvgIpc) is 3.24. The molecule has 5 rings (SSSR count). The highest BCUT2D eigenvalue weighted by Gasteiger charge is 2.43. The second kappa shape index (κ2) is 11.5. The lowest BCUT2D eigenvalue weighted by Gasteiger charge is -2.28. The largest absolute Gasteiger partial charge is 0.493 e. The van der Waals surface area contributed by atoms with Crippen molar-refractivity contribution in [1.82, 2.24) is 9.80 Å². The lowest BCUT2D eigenvalue weighted by Crippen LogP contribution is -2.37. The van der Waals surface area contributed by atoms with Gasteiger partial charge in [0.05, 0.1) is 24.1 Å². The number of rotatable bonds is 10. The Morgan fingerprint density at radius 1 is 0.974 bits per heavy atom. The number of fused-ring (bicyclic) bond motifs is 2. The molecule has 0 fully saturated rings. The van der Waals surface area contributed by atoms with Gasteiger partial charge in [-0.25, -0.2) is 0 Å². The molecule has 1 atom stereocenters. The number of nitrogens with zero attached hydrogens (tertiary/aromatic N) is 2. The van der Waals surface area contributed by atoms with Crippen molar-refractivity contribution in [1.29, 1.82) is 0 Å². The smallest absolute Gasteiger partial charge is 0.290 e. The van der Waals surface area contributed by atoms with Gasteiger partial charge in [0.25, 0.3) is 5.91 Å². The lowest BCUT2D eigenvalue weighted by molar-refractivity contribution is 0.0708. The molecule has 3 aromatic carbocycles. The highest BCUT2D eigenvalue weighted by atomic mass is 35.5. The second-order valence-corrected chi connectivity index (χ2v) is 9.86. The van der Waals surface area contributed by atoms with Crippen LogP contribution < -0.4 is 14.9 Å². The first kappa shape index (κ1) is 26.8. The fourth-order valence-corrected chi connectivity index (χ4v) is 5.24. The molecule has 0 N–H and O–H groups in total. The summed E-state index contributed by atoms with van der Waals surface area (Å²) in [4.78, 5) is 31.5. The summed E-state index contributed by atoms with van der Waals surface area (Å²) in [6, 6.07) is 19.6. The SMILES string of the molecule is CCN(CC)CCN1C(=O)c2oc3ccc(Cl)cc3c(=O)c2C1c1ccc(OCc2ccccc2)c(OC)c1. The topological polar surface area (TPSA) is 72.2 Å². The predicted octanol–water partition coefficient (Wildman–Crippen LogP) is 5.92. The number of methoxy groups -OCH3 is 1. The van der Waals surface area contributed by atoms with Gasteiger partial charge in [-0.3, -0.25) is 9.59 Å². The quantitative estimate of drug-likeness (QED) is 0.246. The molecule has 4 aromatic rings. The number of amides is 1. The van der Waals surface area contributed by atoms with E-state index in [0.717, 1.165) is 24.2 Å². The van der Waals surface area contributed by atoms with E-state index in [0.29, 0.717) is 52.8 Å². The summed E-state index contributed by atoms with van der Waals surface area (Å²) < 4.78 is 17.8. The summed E-state index contributed by atoms with van der Waals surface area (Å²) in [6.45, 7) is 7.37. The number of ether oxygens (including phenoxy) is 2. The van der Waals surface area contributed by atoms with Crippen LogP contribution in [0.5, 0.6) is 11.5 Å². The summed E-state index contributed by atoms with van der Waals surface area (Å²) in [5.74, 6) is 0.852. The Balaban J connectivity index is 1.57. The van der Waals surface area contributed by atoms with Gasteiger partial charge in [0.1, 0.15) is 12.2 Å². The summed E-state index contributed by atoms with van der Waals surface area (Å²) in [5.41, 5.74) is 2.15. The number of hydrogen-bond donors (Lipinski definition) is 0. The zero-order valence-electron chi connectivity index (χ0n) is 22.3.